The van der Waals surface area contributed by atoms with E-state index in [1.807, 2.05) is 13.8 Å². The molecule has 27 nitrogen and oxygen atoms in total. The molecule has 6 rings (SSSR count). The van der Waals surface area contributed by atoms with Crippen LogP contribution in [0.2, 0.25) is 7.85 Å². The highest BCUT2D eigenvalue weighted by Crippen LogP contribution is 2.33. The van der Waals surface area contributed by atoms with Gasteiger partial charge in [-0.3, -0.25) is 67.6 Å². The number of aromatic hydroxyl groups is 1. The van der Waals surface area contributed by atoms with Crippen LogP contribution in [-0.2, 0) is 54.4 Å². The summed E-state index contributed by atoms with van der Waals surface area (Å²) in [5.74, 6) is -11.1. The van der Waals surface area contributed by atoms with Gasteiger partial charge < -0.3 is 68.3 Å². The second kappa shape index (κ2) is 40.2. The molecule has 0 saturated carbocycles. The van der Waals surface area contributed by atoms with E-state index in [2.05, 4.69) is 41.9 Å². The lowest BCUT2D eigenvalue weighted by molar-refractivity contribution is -0.144. The van der Waals surface area contributed by atoms with E-state index in [4.69, 9.17) is 20.1 Å². The van der Waals surface area contributed by atoms with Gasteiger partial charge in [-0.15, -0.1) is 0 Å². The highest BCUT2D eigenvalue weighted by Gasteiger charge is 2.55. The van der Waals surface area contributed by atoms with Crippen molar-refractivity contribution in [3.8, 4) is 5.75 Å². The number of nitrogens with zero attached hydrogens (tertiary/aromatic N) is 5. The summed E-state index contributed by atoms with van der Waals surface area (Å²) in [6.07, 6.45) is 6.66. The zero-order valence-corrected chi connectivity index (χ0v) is 62.3. The van der Waals surface area contributed by atoms with Crippen molar-refractivity contribution >= 4 is 104 Å². The van der Waals surface area contributed by atoms with Gasteiger partial charge in [0.1, 0.15) is 48.0 Å². The SMILES string of the molecule is [2H]CCCN(C(=O)[C@H](CCCCNC(C)C)NC(=O)[C@H](CC(C)C)NC(=O)[C@@H](CCCCNC(=O)c1cccnc1)NC(=O)[C@H](Cc1ccc(O)cc1)N(C)C(=O)[C@H](CO)NC(=O)[C@H](C)N(C(=O)[C@@](C)(C(=O)[C@@](C)(C(=O)C[2H])N([2H])c1ccc2ccccc2c1)N([2H])c1ccc(Cl)cc1)c1cccnc1)[C@@H](C)C(N)=O. The molecule has 0 bridgehead atoms. The molecule has 0 aliphatic carbocycles. The molecule has 0 radical (unpaired) electrons. The molecule has 12 N–H and O–H groups in total. The molecule has 28 heteroatoms. The number of hydrogen-bond acceptors (Lipinski definition) is 18. The van der Waals surface area contributed by atoms with E-state index in [1.165, 1.54) is 117 Å². The van der Waals surface area contributed by atoms with E-state index >= 15 is 28.8 Å². The Hall–Kier alpha value is -10.4. The maximum atomic E-state index is 16.1. The molecular weight excluding hydrogens is 1380 g/mol. The van der Waals surface area contributed by atoms with Crippen LogP contribution in [0, 0.1) is 5.92 Å². The highest BCUT2D eigenvalue weighted by molar-refractivity contribution is 6.31. The number of amides is 9. The number of fused-ring (bicyclic) bond motifs is 1. The molecule has 0 saturated heterocycles. The fourth-order valence-corrected chi connectivity index (χ4v) is 12.0. The van der Waals surface area contributed by atoms with Gasteiger partial charge in [-0.1, -0.05) is 88.7 Å². The first-order chi connectivity index (χ1) is 52.2. The summed E-state index contributed by atoms with van der Waals surface area (Å²) < 4.78 is 35.5. The van der Waals surface area contributed by atoms with E-state index in [0.29, 0.717) is 41.0 Å². The minimum Gasteiger partial charge on any atom is -0.508 e. The molecule has 2 aromatic heterocycles. The van der Waals surface area contributed by atoms with Crippen LogP contribution < -0.4 is 53.2 Å². The predicted molar refractivity (Wildman–Crippen MR) is 407 cm³/mol. The number of ketones is 2. The van der Waals surface area contributed by atoms with Crippen LogP contribution in [0.25, 0.3) is 10.8 Å². The zero-order chi connectivity index (χ0) is 81.2. The normalized spacial score (nSPS) is 14.9. The molecule has 0 fully saturated rings. The number of carbonyl (C=O) groups excluding carboxylic acids is 11. The summed E-state index contributed by atoms with van der Waals surface area (Å²) in [5, 5.41) is 41.2. The summed E-state index contributed by atoms with van der Waals surface area (Å²) in [7, 11) is 1.19. The van der Waals surface area contributed by atoms with Crippen molar-refractivity contribution in [1.82, 2.24) is 51.7 Å². The van der Waals surface area contributed by atoms with Crippen LogP contribution in [0.15, 0.2) is 140 Å². The van der Waals surface area contributed by atoms with E-state index < -0.39 is 132 Å². The third-order valence-corrected chi connectivity index (χ3v) is 18.3. The summed E-state index contributed by atoms with van der Waals surface area (Å²) in [6.45, 7) is 10.7. The van der Waals surface area contributed by atoms with E-state index in [9.17, 15) is 37.0 Å². The van der Waals surface area contributed by atoms with Crippen molar-refractivity contribution in [2.45, 2.75) is 186 Å². The van der Waals surface area contributed by atoms with Crippen molar-refractivity contribution in [3.63, 3.8) is 0 Å². The average molecular weight is 1480 g/mol. The largest absolute Gasteiger partial charge is 0.508 e. The number of aromatic nitrogens is 2. The molecule has 106 heavy (non-hydrogen) atoms. The first-order valence-electron chi connectivity index (χ1n) is 37.7. The molecule has 9 atom stereocenters. The molecule has 0 aliphatic rings. The number of hydrogen-bond donors (Lipinski definition) is 11. The number of unbranched alkanes of at least 4 members (excludes halogenated alkanes) is 2. The Balaban J connectivity index is 1.37. The number of aliphatic hydroxyl groups excluding tert-OH is 1. The van der Waals surface area contributed by atoms with Gasteiger partial charge in [0.25, 0.3) is 11.8 Å². The Labute approximate surface area is 630 Å². The van der Waals surface area contributed by atoms with Crippen molar-refractivity contribution < 1.29 is 68.5 Å². The lowest BCUT2D eigenvalue weighted by atomic mass is 9.78. The summed E-state index contributed by atoms with van der Waals surface area (Å²) in [6, 6.07) is 18.1. The van der Waals surface area contributed by atoms with Gasteiger partial charge in [-0.2, -0.15) is 0 Å². The van der Waals surface area contributed by atoms with Crippen LogP contribution in [-0.4, -0.2) is 187 Å². The fourth-order valence-electron chi connectivity index (χ4n) is 11.9. The Morgan fingerprint density at radius 2 is 1.25 bits per heavy atom. The average Bonchev–Trinajstić information content (AvgIpc) is 0.728. The van der Waals surface area contributed by atoms with Crippen LogP contribution >= 0.6 is 11.6 Å². The number of aliphatic hydroxyl groups is 1. The highest BCUT2D eigenvalue weighted by atomic mass is 35.5. The quantitative estimate of drug-likeness (QED) is 0.0143. The van der Waals surface area contributed by atoms with E-state index in [-0.39, 0.29) is 110 Å². The summed E-state index contributed by atoms with van der Waals surface area (Å²) in [5.41, 5.74) is 0.394. The predicted octanol–water partition coefficient (Wildman–Crippen LogP) is 6.54. The topological polar surface area (TPSA) is 386 Å². The first-order valence-corrected chi connectivity index (χ1v) is 35.7. The molecular formula is C78H103ClN14O13. The summed E-state index contributed by atoms with van der Waals surface area (Å²) >= 11 is 6.29. The Morgan fingerprint density at radius 1 is 0.642 bits per heavy atom. The molecule has 9 amide bonds. The van der Waals surface area contributed by atoms with Gasteiger partial charge in [0, 0.05) is 70.3 Å². The van der Waals surface area contributed by atoms with Crippen LogP contribution in [0.3, 0.4) is 0 Å². The number of halogens is 1. The molecule has 570 valence electrons. The number of nitrogens with one attached hydrogen (secondary N) is 8. The number of Topliss-reactive ketones (excluding diaryl/α,β-unsaturated/α-hetero) is 2. The second-order valence-electron chi connectivity index (χ2n) is 27.1. The Bertz CT molecular complexity index is 4130. The van der Waals surface area contributed by atoms with Crippen LogP contribution in [0.5, 0.6) is 5.75 Å². The van der Waals surface area contributed by atoms with Crippen molar-refractivity contribution in [3.05, 3.63) is 156 Å². The van der Waals surface area contributed by atoms with E-state index in [0.717, 1.165) is 35.2 Å². The number of primary amides is 1. The van der Waals surface area contributed by atoms with Crippen LogP contribution in [0.4, 0.5) is 17.1 Å². The van der Waals surface area contributed by atoms with Gasteiger partial charge in [0.2, 0.25) is 41.4 Å². The molecule has 2 heterocycles. The number of anilines is 3. The number of carbonyl (C=O) groups is 11. The van der Waals surface area contributed by atoms with Gasteiger partial charge in [-0.05, 0) is 188 Å². The van der Waals surface area contributed by atoms with E-state index in [1.54, 1.807) is 56.3 Å². The lowest BCUT2D eigenvalue weighted by Crippen LogP contribution is -2.68. The molecule has 0 spiro atoms. The number of phenols is 1. The molecule has 0 aliphatic heterocycles. The Kier molecular flexibility index (Phi) is 29.7. The first kappa shape index (κ1) is 78.2. The maximum Gasteiger partial charge on any atom is 0.261 e. The monoisotopic (exact) mass is 1480 g/mol. The lowest BCUT2D eigenvalue weighted by Gasteiger charge is -2.41. The van der Waals surface area contributed by atoms with Gasteiger partial charge in [-0.25, -0.2) is 0 Å². The fraction of sp³-hybridized carbons (Fsp3) is 0.449. The minimum absolute atomic E-state index is 0.00410. The second-order valence-corrected chi connectivity index (χ2v) is 27.6. The number of benzene rings is 4. The third-order valence-electron chi connectivity index (χ3n) is 18.0. The summed E-state index contributed by atoms with van der Waals surface area (Å²) in [4.78, 5) is 174. The standard InChI is InChI=1S/C78H103ClN14O13/c1-12-41-92(50(6)67(80)97)74(104)63(26-16-17-39-83-49(4)5)86-71(101)64(42-48(2)3)87-70(100)62(25-15-18-40-84-69(99)56-23-19-37-81-45-56)85-72(102)66(43-53-27-35-61(96)36-28-53)91(11)73(103)65(47-94)88-68(98)51(7)93(60-24-20-38-82-46-60)76(106)78(10,89-58-33-30-57(79)31-34-58)75(105)77(9,52(8)95)90-59-32-29-54-21-13-14-22-55(54)44-59/h13-14,19-24,27-38,44-46,48-51,62-66,83,89-90,94,96H,12,15-18,25-26,39-43,47H2,1-11H3,(H2,80,97)(H,84,99)(H,85,102)(H,86,101)(H,87,100)(H,88,98)/t50-,51-,62+,63-,64-,65-,66-,77+,78+/m0/s1/i1D,8D/hD2. The van der Waals surface area contributed by atoms with Crippen LogP contribution in [0.1, 0.15) is 139 Å². The number of nitrogens with two attached hydrogens (primary N) is 1. The zero-order valence-electron chi connectivity index (χ0n) is 65.6. The smallest absolute Gasteiger partial charge is 0.261 e. The molecule has 6 aromatic rings. The van der Waals surface area contributed by atoms with Gasteiger partial charge in [0.15, 0.2) is 25.5 Å². The van der Waals surface area contributed by atoms with Crippen molar-refractivity contribution in [2.24, 2.45) is 11.7 Å². The Morgan fingerprint density at radius 3 is 1.86 bits per heavy atom. The number of rotatable bonds is 42. The van der Waals surface area contributed by atoms with Gasteiger partial charge >= 0.3 is 0 Å². The number of phenolic OH excluding ortho intramolecular Hbond substituents is 1. The molecule has 0 unspecified atom stereocenters. The minimum atomic E-state index is -2.94. The van der Waals surface area contributed by atoms with Gasteiger partial charge in [0.05, 0.1) is 24.1 Å². The maximum absolute atomic E-state index is 16.1. The van der Waals surface area contributed by atoms with Crippen molar-refractivity contribution in [2.75, 3.05) is 48.8 Å². The number of likely N-dealkylation sites (N-methyl/N-ethyl adjacent to an activating group) is 1. The van der Waals surface area contributed by atoms with Crippen molar-refractivity contribution in [1.29, 1.82) is 0 Å². The molecule has 4 aromatic carbocycles. The number of pyridine rings is 2. The third kappa shape index (κ3) is 23.6.